The summed E-state index contributed by atoms with van der Waals surface area (Å²) < 4.78 is 0. The first-order chi connectivity index (χ1) is 33.3. The van der Waals surface area contributed by atoms with Crippen molar-refractivity contribution in [3.8, 4) is 22.3 Å². The van der Waals surface area contributed by atoms with Gasteiger partial charge in [0.2, 0.25) is 0 Å². The van der Waals surface area contributed by atoms with Crippen molar-refractivity contribution >= 4 is 49.4 Å². The van der Waals surface area contributed by atoms with Gasteiger partial charge in [-0.15, -0.1) is 0 Å². The number of hydrogen-bond acceptors (Lipinski definition) is 0. The van der Waals surface area contributed by atoms with Gasteiger partial charge in [-0.25, -0.2) is 0 Å². The molecule has 4 atom stereocenters. The van der Waals surface area contributed by atoms with Crippen molar-refractivity contribution in [3.05, 3.63) is 219 Å². The van der Waals surface area contributed by atoms with Gasteiger partial charge in [-0.3, -0.25) is 0 Å². The van der Waals surface area contributed by atoms with Crippen LogP contribution in [0.1, 0.15) is 120 Å². The minimum absolute atomic E-state index is 0.0400. The molecule has 0 aromatic heterocycles. The molecule has 6 aromatic rings. The summed E-state index contributed by atoms with van der Waals surface area (Å²) >= 11 is 0. The molecule has 338 valence electrons. The molecule has 0 radical (unpaired) electrons. The topological polar surface area (TPSA) is 0 Å². The zero-order valence-corrected chi connectivity index (χ0v) is 41.6. The van der Waals surface area contributed by atoms with Gasteiger partial charge < -0.3 is 0 Å². The van der Waals surface area contributed by atoms with E-state index in [-0.39, 0.29) is 28.1 Å². The second-order valence-corrected chi connectivity index (χ2v) is 24.2. The summed E-state index contributed by atoms with van der Waals surface area (Å²) in [6.07, 6.45) is 27.1. The maximum atomic E-state index is 2.71. The van der Waals surface area contributed by atoms with E-state index in [9.17, 15) is 0 Å². The minimum Gasteiger partial charge on any atom is -0.0836 e. The molecule has 6 aromatic carbocycles. The lowest BCUT2D eigenvalue weighted by Gasteiger charge is -2.40. The van der Waals surface area contributed by atoms with E-state index < -0.39 is 0 Å². The average Bonchev–Trinajstić information content (AvgIpc) is 3.94. The molecule has 69 heavy (non-hydrogen) atoms. The van der Waals surface area contributed by atoms with Crippen molar-refractivity contribution in [2.45, 2.75) is 91.9 Å². The third kappa shape index (κ3) is 5.76. The Morgan fingerprint density at radius 2 is 1.35 bits per heavy atom. The molecule has 0 spiro atoms. The molecule has 0 heterocycles. The number of rotatable bonds is 3. The van der Waals surface area contributed by atoms with E-state index in [1.807, 2.05) is 0 Å². The standard InChI is InChI=1S/C69H62/c1-67(2,3)43-30-32-50-57(36-43)69(7,8)58-37-44(68(4,5)6)35-53(63(50)58)41-29-31-45-42(33-41)34-55-62-48(45)25-17-28-52(62)65-59(39-19-11-9-12-20-39)56-38-54-47-24-16-15-23-46(47)49-26-18-27-51(61(49)54)64(56)60(66(55)65)40-21-13-10-14-22-40/h9-15,17-23,25-32,34-36,38,41,48,58,62H,16,24,33,37H2,1-8H3. The second kappa shape index (κ2) is 14.3. The summed E-state index contributed by atoms with van der Waals surface area (Å²) in [4.78, 5) is 0. The van der Waals surface area contributed by atoms with Crippen LogP contribution >= 0.6 is 0 Å². The molecule has 8 aliphatic carbocycles. The van der Waals surface area contributed by atoms with Gasteiger partial charge in [-0.05, 0) is 181 Å². The zero-order valence-electron chi connectivity index (χ0n) is 41.6. The first kappa shape index (κ1) is 41.5. The Balaban J connectivity index is 1.02. The predicted octanol–water partition coefficient (Wildman–Crippen LogP) is 18.4. The van der Waals surface area contributed by atoms with Crippen LogP contribution in [0, 0.1) is 29.1 Å². The summed E-state index contributed by atoms with van der Waals surface area (Å²) in [6.45, 7) is 19.5. The first-order valence-electron chi connectivity index (χ1n) is 26.0. The molecular weight excluding hydrogens is 829 g/mol. The van der Waals surface area contributed by atoms with Crippen LogP contribution < -0.4 is 0 Å². The number of benzene rings is 6. The second-order valence-electron chi connectivity index (χ2n) is 24.2. The molecule has 0 aliphatic heterocycles. The minimum atomic E-state index is 0.0400. The van der Waals surface area contributed by atoms with E-state index in [0.717, 1.165) is 25.7 Å². The predicted molar refractivity (Wildman–Crippen MR) is 295 cm³/mol. The lowest BCUT2D eigenvalue weighted by atomic mass is 9.64. The Morgan fingerprint density at radius 1 is 0.594 bits per heavy atom. The molecule has 8 aliphatic rings. The smallest absolute Gasteiger partial charge is 0.0206 e. The van der Waals surface area contributed by atoms with Crippen LogP contribution in [-0.2, 0) is 10.8 Å². The third-order valence-electron chi connectivity index (χ3n) is 18.1. The van der Waals surface area contributed by atoms with Crippen LogP contribution in [0.15, 0.2) is 180 Å². The van der Waals surface area contributed by atoms with Crippen molar-refractivity contribution in [2.24, 2.45) is 29.1 Å². The number of hydrogen-bond donors (Lipinski definition) is 0. The monoisotopic (exact) mass is 890 g/mol. The highest BCUT2D eigenvalue weighted by atomic mass is 14.5. The quantitative estimate of drug-likeness (QED) is 0.155. The highest BCUT2D eigenvalue weighted by Gasteiger charge is 2.49. The van der Waals surface area contributed by atoms with Crippen LogP contribution in [0.5, 0.6) is 0 Å². The molecule has 14 rings (SSSR count). The molecule has 0 fully saturated rings. The van der Waals surface area contributed by atoms with E-state index in [1.165, 1.54) is 116 Å². The molecule has 0 nitrogen and oxygen atoms in total. The normalized spacial score (nSPS) is 23.4. The van der Waals surface area contributed by atoms with Crippen molar-refractivity contribution < 1.29 is 0 Å². The van der Waals surface area contributed by atoms with Crippen molar-refractivity contribution in [2.75, 3.05) is 0 Å². The highest BCUT2D eigenvalue weighted by Crippen LogP contribution is 2.65. The first-order valence-corrected chi connectivity index (χ1v) is 26.0. The van der Waals surface area contributed by atoms with Crippen molar-refractivity contribution in [3.63, 3.8) is 0 Å². The summed E-state index contributed by atoms with van der Waals surface area (Å²) in [5.74, 6) is 1.28. The fraction of sp³-hybridized carbons (Fsp3) is 0.275. The molecule has 0 bridgehead atoms. The fourth-order valence-corrected chi connectivity index (χ4v) is 14.6. The van der Waals surface area contributed by atoms with Gasteiger partial charge in [0.15, 0.2) is 0 Å². The molecule has 0 saturated carbocycles. The average molecular weight is 891 g/mol. The molecule has 4 unspecified atom stereocenters. The molecular formula is C69H62. The maximum Gasteiger partial charge on any atom is 0.0206 e. The van der Waals surface area contributed by atoms with Crippen LogP contribution in [0.2, 0.25) is 0 Å². The molecule has 0 saturated heterocycles. The number of fused-ring (bicyclic) bond motifs is 11. The summed E-state index contributed by atoms with van der Waals surface area (Å²) in [5.41, 5.74) is 29.5. The van der Waals surface area contributed by atoms with Crippen molar-refractivity contribution in [1.82, 2.24) is 0 Å². The Labute approximate surface area is 409 Å². The number of allylic oxidation sites excluding steroid dienone is 18. The lowest BCUT2D eigenvalue weighted by molar-refractivity contribution is 0.369. The van der Waals surface area contributed by atoms with E-state index in [1.54, 1.807) is 16.7 Å². The van der Waals surface area contributed by atoms with Gasteiger partial charge in [0.1, 0.15) is 0 Å². The molecule has 0 heteroatoms. The molecule has 0 amide bonds. The van der Waals surface area contributed by atoms with Gasteiger partial charge in [-0.1, -0.05) is 213 Å². The molecule has 0 N–H and O–H groups in total. The van der Waals surface area contributed by atoms with E-state index in [2.05, 4.69) is 213 Å². The van der Waals surface area contributed by atoms with Gasteiger partial charge in [-0.2, -0.15) is 0 Å². The largest absolute Gasteiger partial charge is 0.0836 e. The lowest BCUT2D eigenvalue weighted by Crippen LogP contribution is -2.29. The van der Waals surface area contributed by atoms with Gasteiger partial charge in [0.25, 0.3) is 0 Å². The SMILES string of the molecule is CC(C)(C)C1=CC(C2C=CC3=C(C=C4c5c(c(-c6ccccc6)c6cc7c8c(cccc8c6c5-c5ccccc5)C5=C7CCC=C5)C5=CC=CC3C54)C2)=C2c3ccc(C(C)(C)C)cc3C(C)(C)C2C1. The van der Waals surface area contributed by atoms with Gasteiger partial charge in [0.05, 0.1) is 0 Å². The Bertz CT molecular complexity index is 3620. The van der Waals surface area contributed by atoms with Crippen LogP contribution in [0.25, 0.3) is 71.7 Å². The summed E-state index contributed by atoms with van der Waals surface area (Å²) in [6, 6.07) is 40.1. The summed E-state index contributed by atoms with van der Waals surface area (Å²) in [7, 11) is 0. The zero-order chi connectivity index (χ0) is 46.9. The van der Waals surface area contributed by atoms with Crippen molar-refractivity contribution in [1.29, 1.82) is 0 Å². The van der Waals surface area contributed by atoms with E-state index in [4.69, 9.17) is 0 Å². The highest BCUT2D eigenvalue weighted by molar-refractivity contribution is 6.30. The Morgan fingerprint density at radius 3 is 2.10 bits per heavy atom. The Hall–Kier alpha value is -6.50. The third-order valence-corrected chi connectivity index (χ3v) is 18.1. The van der Waals surface area contributed by atoms with Gasteiger partial charge in [0, 0.05) is 17.8 Å². The van der Waals surface area contributed by atoms with E-state index >= 15 is 0 Å². The fourth-order valence-electron chi connectivity index (χ4n) is 14.6. The van der Waals surface area contributed by atoms with Gasteiger partial charge >= 0.3 is 0 Å². The maximum absolute atomic E-state index is 2.71. The Kier molecular flexibility index (Phi) is 8.59. The summed E-state index contributed by atoms with van der Waals surface area (Å²) in [5, 5.41) is 5.59. The van der Waals surface area contributed by atoms with E-state index in [0.29, 0.717) is 11.8 Å². The van der Waals surface area contributed by atoms with Crippen LogP contribution in [0.4, 0.5) is 0 Å². The van der Waals surface area contributed by atoms with Crippen LogP contribution in [0.3, 0.4) is 0 Å². The van der Waals surface area contributed by atoms with Crippen LogP contribution in [-0.4, -0.2) is 0 Å².